The summed E-state index contributed by atoms with van der Waals surface area (Å²) in [4.78, 5) is 0. The van der Waals surface area contributed by atoms with E-state index in [0.717, 1.165) is 25.2 Å². The molecule has 0 unspecified atom stereocenters. The first-order chi connectivity index (χ1) is 8.84. The van der Waals surface area contributed by atoms with Gasteiger partial charge in [-0.2, -0.15) is 0 Å². The summed E-state index contributed by atoms with van der Waals surface area (Å²) in [5, 5.41) is 10.3. The van der Waals surface area contributed by atoms with E-state index < -0.39 is 0 Å². The normalized spacial score (nSPS) is 25.5. The van der Waals surface area contributed by atoms with E-state index in [2.05, 4.69) is 18.2 Å². The maximum Gasteiger partial charge on any atom is 0.0792 e. The lowest BCUT2D eigenvalue weighted by molar-refractivity contribution is 0.166. The molecule has 1 saturated carbocycles. The van der Waals surface area contributed by atoms with E-state index in [1.807, 2.05) is 0 Å². The molecule has 0 radical (unpaired) electrons. The predicted molar refractivity (Wildman–Crippen MR) is 74.8 cm³/mol. The van der Waals surface area contributed by atoms with Gasteiger partial charge in [-0.15, -0.1) is 0 Å². The highest BCUT2D eigenvalue weighted by Gasteiger charge is 2.20. The summed E-state index contributed by atoms with van der Waals surface area (Å²) in [6.45, 7) is 0. The molecular formula is C17H24O. The second-order valence-corrected chi connectivity index (χ2v) is 6.05. The zero-order valence-corrected chi connectivity index (χ0v) is 11.2. The van der Waals surface area contributed by atoms with Gasteiger partial charge >= 0.3 is 0 Å². The summed E-state index contributed by atoms with van der Waals surface area (Å²) in [6, 6.07) is 6.93. The van der Waals surface area contributed by atoms with Crippen LogP contribution in [0, 0.1) is 0 Å². The molecule has 98 valence electrons. The second-order valence-electron chi connectivity index (χ2n) is 6.05. The lowest BCUT2D eigenvalue weighted by atomic mass is 9.82. The van der Waals surface area contributed by atoms with Crippen LogP contribution in [0.4, 0.5) is 0 Å². The van der Waals surface area contributed by atoms with Gasteiger partial charge in [0.1, 0.15) is 0 Å². The van der Waals surface area contributed by atoms with Gasteiger partial charge in [-0.1, -0.05) is 43.9 Å². The summed E-state index contributed by atoms with van der Waals surface area (Å²) in [6.07, 6.45) is 11.1. The molecule has 2 aliphatic rings. The van der Waals surface area contributed by atoms with E-state index in [4.69, 9.17) is 0 Å². The molecule has 0 bridgehead atoms. The topological polar surface area (TPSA) is 20.2 Å². The van der Waals surface area contributed by atoms with Crippen molar-refractivity contribution < 1.29 is 5.11 Å². The predicted octanol–water partition coefficient (Wildman–Crippen LogP) is 4.49. The smallest absolute Gasteiger partial charge is 0.0792 e. The van der Waals surface area contributed by atoms with Crippen LogP contribution in [0.3, 0.4) is 0 Å². The molecule has 0 spiro atoms. The number of benzene rings is 1. The van der Waals surface area contributed by atoms with Crippen molar-refractivity contribution in [3.63, 3.8) is 0 Å². The molecule has 1 nitrogen and oxygen atoms in total. The molecule has 0 saturated heterocycles. The summed E-state index contributed by atoms with van der Waals surface area (Å²) in [7, 11) is 0. The van der Waals surface area contributed by atoms with Crippen LogP contribution in [0.5, 0.6) is 0 Å². The first-order valence-corrected chi connectivity index (χ1v) is 7.65. The minimum atomic E-state index is -0.217. The first kappa shape index (κ1) is 12.2. The molecule has 0 amide bonds. The van der Waals surface area contributed by atoms with Crippen molar-refractivity contribution in [2.45, 2.75) is 69.8 Å². The first-order valence-electron chi connectivity index (χ1n) is 7.65. The maximum absolute atomic E-state index is 10.3. The van der Waals surface area contributed by atoms with E-state index in [9.17, 15) is 5.11 Å². The third-order valence-corrected chi connectivity index (χ3v) is 4.78. The van der Waals surface area contributed by atoms with Gasteiger partial charge < -0.3 is 5.11 Å². The SMILES string of the molecule is O[C@@H]1CCCCc2ccc(C3CCCCC3)cc21. The third-order valence-electron chi connectivity index (χ3n) is 4.78. The second kappa shape index (κ2) is 5.44. The average Bonchev–Trinajstić information content (AvgIpc) is 2.62. The van der Waals surface area contributed by atoms with Crippen molar-refractivity contribution in [2.75, 3.05) is 0 Å². The van der Waals surface area contributed by atoms with Gasteiger partial charge in [0.15, 0.2) is 0 Å². The molecule has 1 fully saturated rings. The van der Waals surface area contributed by atoms with E-state index >= 15 is 0 Å². The molecule has 1 aromatic carbocycles. The third kappa shape index (κ3) is 2.47. The Hall–Kier alpha value is -0.820. The Morgan fingerprint density at radius 2 is 1.67 bits per heavy atom. The number of aliphatic hydroxyl groups is 1. The highest BCUT2D eigenvalue weighted by molar-refractivity contribution is 5.36. The molecule has 1 N–H and O–H groups in total. The minimum Gasteiger partial charge on any atom is -0.388 e. The molecule has 18 heavy (non-hydrogen) atoms. The fourth-order valence-corrected chi connectivity index (χ4v) is 3.65. The van der Waals surface area contributed by atoms with Gasteiger partial charge in [0.25, 0.3) is 0 Å². The van der Waals surface area contributed by atoms with Gasteiger partial charge in [0.2, 0.25) is 0 Å². The summed E-state index contributed by atoms with van der Waals surface area (Å²) >= 11 is 0. The van der Waals surface area contributed by atoms with Crippen LogP contribution in [-0.4, -0.2) is 5.11 Å². The van der Waals surface area contributed by atoms with Crippen LogP contribution >= 0.6 is 0 Å². The lowest BCUT2D eigenvalue weighted by Crippen LogP contribution is -2.07. The summed E-state index contributed by atoms with van der Waals surface area (Å²) in [5.41, 5.74) is 4.10. The molecule has 2 aliphatic carbocycles. The highest BCUT2D eigenvalue weighted by atomic mass is 16.3. The van der Waals surface area contributed by atoms with Crippen LogP contribution in [-0.2, 0) is 6.42 Å². The Balaban J connectivity index is 1.88. The number of hydrogen-bond acceptors (Lipinski definition) is 1. The monoisotopic (exact) mass is 244 g/mol. The van der Waals surface area contributed by atoms with E-state index in [-0.39, 0.29) is 6.10 Å². The largest absolute Gasteiger partial charge is 0.388 e. The average molecular weight is 244 g/mol. The minimum absolute atomic E-state index is 0.217. The Bertz CT molecular complexity index is 404. The number of aliphatic hydroxyl groups excluding tert-OH is 1. The highest BCUT2D eigenvalue weighted by Crippen LogP contribution is 2.36. The summed E-state index contributed by atoms with van der Waals surface area (Å²) in [5.74, 6) is 0.750. The zero-order chi connectivity index (χ0) is 12.4. The van der Waals surface area contributed by atoms with Crippen LogP contribution in [0.1, 0.15) is 80.1 Å². The van der Waals surface area contributed by atoms with Crippen molar-refractivity contribution in [1.29, 1.82) is 0 Å². The molecule has 0 aromatic heterocycles. The molecule has 3 rings (SSSR count). The zero-order valence-electron chi connectivity index (χ0n) is 11.2. The molecule has 0 aliphatic heterocycles. The molecule has 0 heterocycles. The number of rotatable bonds is 1. The Morgan fingerprint density at radius 3 is 2.50 bits per heavy atom. The van der Waals surface area contributed by atoms with Gasteiger partial charge in [-0.3, -0.25) is 0 Å². The molecule has 1 aromatic rings. The van der Waals surface area contributed by atoms with Crippen molar-refractivity contribution >= 4 is 0 Å². The van der Waals surface area contributed by atoms with Gasteiger partial charge in [0.05, 0.1) is 6.10 Å². The van der Waals surface area contributed by atoms with Crippen LogP contribution in [0.15, 0.2) is 18.2 Å². The fraction of sp³-hybridized carbons (Fsp3) is 0.647. The quantitative estimate of drug-likeness (QED) is 0.721. The van der Waals surface area contributed by atoms with Crippen molar-refractivity contribution in [1.82, 2.24) is 0 Å². The van der Waals surface area contributed by atoms with Crippen LogP contribution in [0.25, 0.3) is 0 Å². The van der Waals surface area contributed by atoms with E-state index in [1.54, 1.807) is 0 Å². The van der Waals surface area contributed by atoms with E-state index in [1.165, 1.54) is 55.2 Å². The Labute approximate surface area is 110 Å². The number of hydrogen-bond donors (Lipinski definition) is 1. The molecule has 1 atom stereocenters. The van der Waals surface area contributed by atoms with Gasteiger partial charge in [-0.05, 0) is 54.7 Å². The molecular weight excluding hydrogens is 220 g/mol. The Morgan fingerprint density at radius 1 is 0.889 bits per heavy atom. The van der Waals surface area contributed by atoms with Crippen molar-refractivity contribution in [3.8, 4) is 0 Å². The number of fused-ring (bicyclic) bond motifs is 1. The van der Waals surface area contributed by atoms with Crippen LogP contribution in [0.2, 0.25) is 0 Å². The standard InChI is InChI=1S/C17H24O/c18-17-9-5-4-8-14-10-11-15(12-16(14)17)13-6-2-1-3-7-13/h10-13,17-18H,1-9H2/t17-/m1/s1. The van der Waals surface area contributed by atoms with Crippen molar-refractivity contribution in [2.24, 2.45) is 0 Å². The number of aryl methyl sites for hydroxylation is 1. The fourth-order valence-electron chi connectivity index (χ4n) is 3.65. The van der Waals surface area contributed by atoms with Gasteiger partial charge in [0, 0.05) is 0 Å². The van der Waals surface area contributed by atoms with Crippen molar-refractivity contribution in [3.05, 3.63) is 34.9 Å². The Kier molecular flexibility index (Phi) is 3.69. The molecule has 1 heteroatoms. The van der Waals surface area contributed by atoms with E-state index in [0.29, 0.717) is 0 Å². The summed E-state index contributed by atoms with van der Waals surface area (Å²) < 4.78 is 0. The van der Waals surface area contributed by atoms with Crippen LogP contribution < -0.4 is 0 Å². The maximum atomic E-state index is 10.3. The lowest BCUT2D eigenvalue weighted by Gasteiger charge is -2.23. The van der Waals surface area contributed by atoms with Gasteiger partial charge in [-0.25, -0.2) is 0 Å².